The number of nitrogens with zero attached hydrogens (tertiary/aromatic N) is 1. The van der Waals surface area contributed by atoms with Crippen molar-refractivity contribution in [1.82, 2.24) is 5.32 Å². The van der Waals surface area contributed by atoms with E-state index in [1.807, 2.05) is 0 Å². The van der Waals surface area contributed by atoms with E-state index in [2.05, 4.69) is 34.5 Å². The predicted molar refractivity (Wildman–Crippen MR) is 91.5 cm³/mol. The highest BCUT2D eigenvalue weighted by atomic mass is 16.5. The maximum Gasteiger partial charge on any atom is 0.227 e. The fraction of sp³-hybridized carbons (Fsp3) is 0.611. The zero-order chi connectivity index (χ0) is 16.1. The molecule has 0 radical (unpaired) electrons. The van der Waals surface area contributed by atoms with E-state index in [0.717, 1.165) is 38.8 Å². The quantitative estimate of drug-likeness (QED) is 0.776. The number of anilines is 1. The zero-order valence-electron chi connectivity index (χ0n) is 13.7. The van der Waals surface area contributed by atoms with Gasteiger partial charge in [-0.15, -0.1) is 0 Å². The Morgan fingerprint density at radius 1 is 1.30 bits per heavy atom. The molecule has 1 amide bonds. The van der Waals surface area contributed by atoms with Gasteiger partial charge in [0.25, 0.3) is 0 Å². The average molecular weight is 317 g/mol. The summed E-state index contributed by atoms with van der Waals surface area (Å²) < 4.78 is 5.36. The molecular weight excluding hydrogens is 290 g/mol. The molecule has 0 spiro atoms. The number of para-hydroxylation sites is 1. The van der Waals surface area contributed by atoms with Gasteiger partial charge in [0.1, 0.15) is 0 Å². The van der Waals surface area contributed by atoms with Gasteiger partial charge in [0.2, 0.25) is 5.91 Å². The van der Waals surface area contributed by atoms with Crippen LogP contribution in [0.4, 0.5) is 5.69 Å². The molecule has 0 saturated carbocycles. The Hall–Kier alpha value is -1.59. The molecule has 1 aromatic rings. The van der Waals surface area contributed by atoms with Crippen LogP contribution in [-0.2, 0) is 16.0 Å². The van der Waals surface area contributed by atoms with E-state index in [4.69, 9.17) is 10.5 Å². The number of nitrogens with two attached hydrogens (primary N) is 1. The van der Waals surface area contributed by atoms with Crippen molar-refractivity contribution in [3.05, 3.63) is 29.8 Å². The molecule has 2 aliphatic rings. The monoisotopic (exact) mass is 317 g/mol. The van der Waals surface area contributed by atoms with Crippen LogP contribution in [0.25, 0.3) is 0 Å². The van der Waals surface area contributed by atoms with Gasteiger partial charge in [-0.3, -0.25) is 4.79 Å². The number of rotatable bonds is 6. The summed E-state index contributed by atoms with van der Waals surface area (Å²) in [4.78, 5) is 14.9. The lowest BCUT2D eigenvalue weighted by Crippen LogP contribution is -2.49. The normalized spacial score (nSPS) is 19.4. The van der Waals surface area contributed by atoms with Crippen molar-refractivity contribution in [3.8, 4) is 0 Å². The summed E-state index contributed by atoms with van der Waals surface area (Å²) in [5.74, 6) is 0.102. The Kier molecular flexibility index (Phi) is 5.18. The Labute approximate surface area is 138 Å². The van der Waals surface area contributed by atoms with Gasteiger partial charge in [-0.1, -0.05) is 18.2 Å². The first-order valence-electron chi connectivity index (χ1n) is 8.64. The highest BCUT2D eigenvalue weighted by Gasteiger charge is 2.38. The summed E-state index contributed by atoms with van der Waals surface area (Å²) in [5, 5.41) is 3.09. The van der Waals surface area contributed by atoms with Gasteiger partial charge in [0.05, 0.1) is 5.41 Å². The number of hydrogen-bond acceptors (Lipinski definition) is 4. The molecule has 5 heteroatoms. The molecule has 1 fully saturated rings. The Morgan fingerprint density at radius 2 is 2.09 bits per heavy atom. The third-order valence-corrected chi connectivity index (χ3v) is 5.20. The van der Waals surface area contributed by atoms with Gasteiger partial charge in [-0.05, 0) is 37.3 Å². The van der Waals surface area contributed by atoms with Crippen LogP contribution in [0, 0.1) is 5.41 Å². The van der Waals surface area contributed by atoms with Crippen molar-refractivity contribution in [2.45, 2.75) is 25.7 Å². The Morgan fingerprint density at radius 3 is 2.87 bits per heavy atom. The minimum Gasteiger partial charge on any atom is -0.381 e. The number of carbonyl (C=O) groups excluding carboxylic acids is 1. The van der Waals surface area contributed by atoms with E-state index in [1.54, 1.807) is 0 Å². The summed E-state index contributed by atoms with van der Waals surface area (Å²) in [7, 11) is 0. The van der Waals surface area contributed by atoms with Crippen molar-refractivity contribution >= 4 is 11.6 Å². The second-order valence-corrected chi connectivity index (χ2v) is 6.57. The van der Waals surface area contributed by atoms with Crippen LogP contribution in [0.15, 0.2) is 24.3 Å². The maximum atomic E-state index is 12.5. The highest BCUT2D eigenvalue weighted by molar-refractivity contribution is 5.83. The van der Waals surface area contributed by atoms with Gasteiger partial charge in [-0.25, -0.2) is 0 Å². The zero-order valence-corrected chi connectivity index (χ0v) is 13.7. The van der Waals surface area contributed by atoms with Gasteiger partial charge in [0, 0.05) is 45.1 Å². The Balaban J connectivity index is 1.44. The number of hydrogen-bond donors (Lipinski definition) is 2. The first-order valence-corrected chi connectivity index (χ1v) is 8.64. The van der Waals surface area contributed by atoms with Gasteiger partial charge < -0.3 is 20.7 Å². The van der Waals surface area contributed by atoms with Crippen molar-refractivity contribution in [3.63, 3.8) is 0 Å². The summed E-state index contributed by atoms with van der Waals surface area (Å²) in [6, 6.07) is 8.58. The molecule has 0 bridgehead atoms. The number of nitrogens with one attached hydrogen (secondary N) is 1. The van der Waals surface area contributed by atoms with E-state index in [1.165, 1.54) is 11.3 Å². The van der Waals surface area contributed by atoms with Gasteiger partial charge in [0.15, 0.2) is 0 Å². The Bertz CT molecular complexity index is 541. The molecular formula is C18H27N3O2. The van der Waals surface area contributed by atoms with Crippen molar-refractivity contribution in [2.75, 3.05) is 44.3 Å². The van der Waals surface area contributed by atoms with Crippen LogP contribution < -0.4 is 16.0 Å². The molecule has 2 aliphatic heterocycles. The standard InChI is InChI=1S/C18H27N3O2/c19-14-18(7-12-23-13-8-18)17(22)20-9-3-10-21-11-6-15-4-1-2-5-16(15)21/h1-2,4-5H,3,6-14,19H2,(H,20,22). The third-order valence-electron chi connectivity index (χ3n) is 5.20. The molecule has 23 heavy (non-hydrogen) atoms. The third kappa shape index (κ3) is 3.51. The lowest BCUT2D eigenvalue weighted by Gasteiger charge is -2.34. The fourth-order valence-electron chi connectivity index (χ4n) is 3.58. The van der Waals surface area contributed by atoms with E-state index >= 15 is 0 Å². The summed E-state index contributed by atoms with van der Waals surface area (Å²) in [6.45, 7) is 4.44. The smallest absolute Gasteiger partial charge is 0.227 e. The molecule has 2 heterocycles. The van der Waals surface area contributed by atoms with Crippen LogP contribution in [-0.4, -0.2) is 45.3 Å². The van der Waals surface area contributed by atoms with Crippen LogP contribution in [0.3, 0.4) is 0 Å². The van der Waals surface area contributed by atoms with Crippen molar-refractivity contribution < 1.29 is 9.53 Å². The van der Waals surface area contributed by atoms with E-state index in [9.17, 15) is 4.79 Å². The molecule has 0 aromatic heterocycles. The summed E-state index contributed by atoms with van der Waals surface area (Å²) in [6.07, 6.45) is 3.54. The summed E-state index contributed by atoms with van der Waals surface area (Å²) in [5.41, 5.74) is 8.23. The lowest BCUT2D eigenvalue weighted by atomic mass is 9.79. The average Bonchev–Trinajstić information content (AvgIpc) is 3.02. The predicted octanol–water partition coefficient (Wildman–Crippen LogP) is 1.31. The minimum atomic E-state index is -0.418. The van der Waals surface area contributed by atoms with E-state index in [0.29, 0.717) is 26.3 Å². The second kappa shape index (κ2) is 7.32. The second-order valence-electron chi connectivity index (χ2n) is 6.57. The van der Waals surface area contributed by atoms with Crippen LogP contribution in [0.1, 0.15) is 24.8 Å². The van der Waals surface area contributed by atoms with E-state index in [-0.39, 0.29) is 5.91 Å². The molecule has 1 saturated heterocycles. The molecule has 3 N–H and O–H groups in total. The molecule has 0 unspecified atom stereocenters. The van der Waals surface area contributed by atoms with Gasteiger partial charge >= 0.3 is 0 Å². The number of amides is 1. The SMILES string of the molecule is NCC1(C(=O)NCCCN2CCc3ccccc32)CCOCC1. The van der Waals surface area contributed by atoms with Crippen LogP contribution in [0.5, 0.6) is 0 Å². The minimum absolute atomic E-state index is 0.102. The highest BCUT2D eigenvalue weighted by Crippen LogP contribution is 2.29. The molecule has 3 rings (SSSR count). The maximum absolute atomic E-state index is 12.5. The largest absolute Gasteiger partial charge is 0.381 e. The number of ether oxygens (including phenoxy) is 1. The molecule has 126 valence electrons. The molecule has 0 aliphatic carbocycles. The van der Waals surface area contributed by atoms with Crippen LogP contribution >= 0.6 is 0 Å². The van der Waals surface area contributed by atoms with Crippen molar-refractivity contribution in [2.24, 2.45) is 11.1 Å². The first-order chi connectivity index (χ1) is 11.2. The molecule has 5 nitrogen and oxygen atoms in total. The fourth-order valence-corrected chi connectivity index (χ4v) is 3.58. The number of fused-ring (bicyclic) bond motifs is 1. The van der Waals surface area contributed by atoms with Gasteiger partial charge in [-0.2, -0.15) is 0 Å². The van der Waals surface area contributed by atoms with Crippen molar-refractivity contribution in [1.29, 1.82) is 0 Å². The topological polar surface area (TPSA) is 67.6 Å². The molecule has 0 atom stereocenters. The van der Waals surface area contributed by atoms with Crippen LogP contribution in [0.2, 0.25) is 0 Å². The summed E-state index contributed by atoms with van der Waals surface area (Å²) >= 11 is 0. The molecule has 1 aromatic carbocycles. The van der Waals surface area contributed by atoms with E-state index < -0.39 is 5.41 Å². The number of benzene rings is 1. The first kappa shape index (κ1) is 16.3. The number of carbonyl (C=O) groups is 1. The lowest BCUT2D eigenvalue weighted by molar-refractivity contribution is -0.135.